The van der Waals surface area contributed by atoms with Crippen molar-refractivity contribution < 1.29 is 29.5 Å². The Bertz CT molecular complexity index is 311. The number of halogens is 1. The zero-order valence-electron chi connectivity index (χ0n) is 8.78. The number of rotatable bonds is 4. The normalized spacial score (nSPS) is 12.1. The molecule has 0 aromatic carbocycles. The number of hydrogen-bond acceptors (Lipinski definition) is 5. The molecule has 3 nitrogen and oxygen atoms in total. The number of hydrazone groups is 1. The molecule has 1 atom stereocenters. The second-order valence-electron chi connectivity index (χ2n) is 2.61. The summed E-state index contributed by atoms with van der Waals surface area (Å²) >= 11 is 6.57. The molecule has 0 fully saturated rings. The third-order valence-corrected chi connectivity index (χ3v) is 2.80. The molecule has 1 radical (unpaired) electrons. The van der Waals surface area contributed by atoms with E-state index in [1.54, 1.807) is 6.20 Å². The second-order valence-corrected chi connectivity index (χ2v) is 4.32. The van der Waals surface area contributed by atoms with Crippen LogP contribution in [0.15, 0.2) is 29.5 Å². The Hall–Kier alpha value is 0.129. The van der Waals surface area contributed by atoms with Gasteiger partial charge >= 0.3 is 17.1 Å². The summed E-state index contributed by atoms with van der Waals surface area (Å²) in [6.07, 6.45) is 3.68. The molecule has 1 aromatic heterocycles. The van der Waals surface area contributed by atoms with Gasteiger partial charge in [-0.15, -0.1) is 0 Å². The predicted molar refractivity (Wildman–Crippen MR) is 64.3 cm³/mol. The Morgan fingerprint density at radius 3 is 2.75 bits per heavy atom. The summed E-state index contributed by atoms with van der Waals surface area (Å²) < 4.78 is -0.0892. The molecule has 93 valence electrons. The molecule has 7 heteroatoms. The molecular formula is C9H12ClCuN3S2. The zero-order chi connectivity index (χ0) is 10.4. The monoisotopic (exact) mass is 324 g/mol. The quantitative estimate of drug-likeness (QED) is 0.243. The average Bonchev–Trinajstić information content (AvgIpc) is 2.26. The van der Waals surface area contributed by atoms with Crippen LogP contribution in [0.4, 0.5) is 0 Å². The van der Waals surface area contributed by atoms with Crippen LogP contribution in [0.5, 0.6) is 0 Å². The van der Waals surface area contributed by atoms with Gasteiger partial charge < -0.3 is 30.5 Å². The largest absolute Gasteiger partial charge is 2.00 e. The number of nitrogens with zero attached hydrogens (tertiary/aromatic N) is 2. The fourth-order valence-corrected chi connectivity index (χ4v) is 1.05. The van der Waals surface area contributed by atoms with Gasteiger partial charge in [0.15, 0.2) is 0 Å². The molecule has 0 bridgehead atoms. The summed E-state index contributed by atoms with van der Waals surface area (Å²) in [5.41, 5.74) is 4.56. The van der Waals surface area contributed by atoms with Crippen molar-refractivity contribution in [2.75, 3.05) is 6.26 Å². The summed E-state index contributed by atoms with van der Waals surface area (Å²) in [6, 6.07) is 5.72. The van der Waals surface area contributed by atoms with Crippen molar-refractivity contribution in [3.05, 3.63) is 30.1 Å². The van der Waals surface area contributed by atoms with Gasteiger partial charge in [0.05, 0.1) is 11.4 Å². The van der Waals surface area contributed by atoms with E-state index in [2.05, 4.69) is 15.5 Å². The zero-order valence-corrected chi connectivity index (χ0v) is 12.1. The molecule has 16 heavy (non-hydrogen) atoms. The number of aromatic nitrogens is 1. The van der Waals surface area contributed by atoms with Gasteiger partial charge in [-0.05, 0) is 30.0 Å². The Balaban J connectivity index is 0. The second kappa shape index (κ2) is 10.3. The van der Waals surface area contributed by atoms with Gasteiger partial charge in [-0.1, -0.05) is 6.07 Å². The topological polar surface area (TPSA) is 37.3 Å². The van der Waals surface area contributed by atoms with E-state index in [1.165, 1.54) is 11.8 Å². The van der Waals surface area contributed by atoms with Crippen molar-refractivity contribution in [1.29, 1.82) is 0 Å². The van der Waals surface area contributed by atoms with Crippen molar-refractivity contribution in [2.24, 2.45) is 5.10 Å². The van der Waals surface area contributed by atoms with E-state index < -0.39 is 0 Å². The smallest absolute Gasteiger partial charge is 1.00 e. The summed E-state index contributed by atoms with van der Waals surface area (Å²) in [5.74, 6) is 0. The minimum absolute atomic E-state index is 0. The Labute approximate surface area is 123 Å². The van der Waals surface area contributed by atoms with E-state index in [9.17, 15) is 0 Å². The van der Waals surface area contributed by atoms with Crippen LogP contribution < -0.4 is 17.8 Å². The number of thioether (sulfide) groups is 1. The maximum Gasteiger partial charge on any atom is 2.00 e. The molecule has 1 aromatic rings. The third-order valence-electron chi connectivity index (χ3n) is 1.59. The van der Waals surface area contributed by atoms with E-state index in [0.717, 1.165) is 11.4 Å². The Kier molecular flexibility index (Phi) is 11.9. The average molecular weight is 325 g/mol. The van der Waals surface area contributed by atoms with Crippen LogP contribution in [0.1, 0.15) is 12.6 Å². The van der Waals surface area contributed by atoms with Crippen LogP contribution in [-0.2, 0) is 29.7 Å². The molecule has 1 N–H and O–H groups in total. The Morgan fingerprint density at radius 1 is 1.56 bits per heavy atom. The molecule has 0 amide bonds. The maximum absolute atomic E-state index is 5.03. The van der Waals surface area contributed by atoms with Crippen LogP contribution in [0, 0.1) is 0 Å². The fraction of sp³-hybridized carbons (Fsp3) is 0.333. The molecule has 0 aliphatic heterocycles. The fourth-order valence-electron chi connectivity index (χ4n) is 0.836. The van der Waals surface area contributed by atoms with Gasteiger partial charge in [-0.3, -0.25) is 4.98 Å². The molecule has 1 heterocycles. The number of pyridine rings is 1. The molecule has 0 spiro atoms. The molecule has 0 aliphatic carbocycles. The summed E-state index contributed by atoms with van der Waals surface area (Å²) in [5, 5.41) is 4.14. The minimum Gasteiger partial charge on any atom is -1.00 e. The van der Waals surface area contributed by atoms with E-state index in [0.29, 0.717) is 0 Å². The van der Waals surface area contributed by atoms with Crippen molar-refractivity contribution in [2.45, 2.75) is 11.6 Å². The van der Waals surface area contributed by atoms with E-state index >= 15 is 0 Å². The maximum atomic E-state index is 5.03. The van der Waals surface area contributed by atoms with Crippen molar-refractivity contribution in [1.82, 2.24) is 10.4 Å². The molecular weight excluding hydrogens is 313 g/mol. The van der Waals surface area contributed by atoms with Crippen molar-refractivity contribution in [3.8, 4) is 0 Å². The van der Waals surface area contributed by atoms with Gasteiger partial charge in [-0.25, -0.2) is 0 Å². The van der Waals surface area contributed by atoms with Crippen LogP contribution in [0.25, 0.3) is 0 Å². The Morgan fingerprint density at radius 2 is 2.25 bits per heavy atom. The van der Waals surface area contributed by atoms with Gasteiger partial charge in [0.2, 0.25) is 0 Å². The molecule has 0 saturated carbocycles. The first kappa shape index (κ1) is 18.5. The van der Waals surface area contributed by atoms with Gasteiger partial charge in [0.25, 0.3) is 0 Å². The summed E-state index contributed by atoms with van der Waals surface area (Å²) in [4.78, 5) is 4.17. The van der Waals surface area contributed by atoms with Crippen LogP contribution in [0.3, 0.4) is 0 Å². The van der Waals surface area contributed by atoms with Gasteiger partial charge in [0, 0.05) is 6.20 Å². The first-order chi connectivity index (χ1) is 6.74. The molecule has 1 rings (SSSR count). The SMILES string of the molecule is CSC([S-])N/N=C(\C)c1ccccn1.[Cl-].[Cu+2]. The molecule has 0 aliphatic rings. The molecule has 1 unspecified atom stereocenters. The van der Waals surface area contributed by atoms with E-state index in [1.807, 2.05) is 31.4 Å². The first-order valence-electron chi connectivity index (χ1n) is 4.14. The first-order valence-corrected chi connectivity index (χ1v) is 5.90. The van der Waals surface area contributed by atoms with Crippen LogP contribution in [-0.4, -0.2) is 21.7 Å². The summed E-state index contributed by atoms with van der Waals surface area (Å²) in [6.45, 7) is 1.90. The van der Waals surface area contributed by atoms with Gasteiger partial charge in [0.1, 0.15) is 0 Å². The predicted octanol–water partition coefficient (Wildman–Crippen LogP) is -1.41. The number of nitrogens with one attached hydrogen (secondary N) is 1. The standard InChI is InChI=1S/C9H13N3S2.ClH.Cu/c1-7(11-12-9(13)14-2)8-5-3-4-6-10-8;;/h3-6,9,12-13H,1-2H3;1H;/q;;+2/p-2/b11-7+;;. The van der Waals surface area contributed by atoms with Crippen molar-refractivity contribution >= 4 is 30.1 Å². The van der Waals surface area contributed by atoms with E-state index in [-0.39, 0.29) is 34.2 Å². The van der Waals surface area contributed by atoms with Gasteiger partial charge in [-0.2, -0.15) is 16.9 Å². The van der Waals surface area contributed by atoms with Crippen LogP contribution >= 0.6 is 11.8 Å². The van der Waals surface area contributed by atoms with E-state index in [4.69, 9.17) is 12.6 Å². The van der Waals surface area contributed by atoms with Crippen molar-refractivity contribution in [3.63, 3.8) is 0 Å². The number of hydrogen-bond donors (Lipinski definition) is 1. The summed E-state index contributed by atoms with van der Waals surface area (Å²) in [7, 11) is 0. The third kappa shape index (κ3) is 6.66. The van der Waals surface area contributed by atoms with Crippen LogP contribution in [0.2, 0.25) is 0 Å². The molecule has 0 saturated heterocycles. The minimum atomic E-state index is -0.0892.